The summed E-state index contributed by atoms with van der Waals surface area (Å²) in [7, 11) is 3.29. The highest BCUT2D eigenvalue weighted by Gasteiger charge is 2.27. The Bertz CT molecular complexity index is 809. The van der Waals surface area contributed by atoms with Crippen molar-refractivity contribution >= 4 is 15.9 Å². The van der Waals surface area contributed by atoms with Gasteiger partial charge < -0.3 is 24.3 Å². The molecular formula is C21H26BrNO4. The van der Waals surface area contributed by atoms with Crippen molar-refractivity contribution in [1.82, 2.24) is 5.32 Å². The third-order valence-corrected chi connectivity index (χ3v) is 5.36. The first-order valence-corrected chi connectivity index (χ1v) is 9.99. The summed E-state index contributed by atoms with van der Waals surface area (Å²) in [6, 6.07) is 8.21. The smallest absolute Gasteiger partial charge is 0.161 e. The van der Waals surface area contributed by atoms with Crippen LogP contribution in [0.4, 0.5) is 0 Å². The SMILES string of the molecule is CCOc1cc2c(cc1OCC)[C@@H](c1cc(OC)c(OC)cc1Br)NCC2. The maximum atomic E-state index is 5.84. The lowest BCUT2D eigenvalue weighted by Gasteiger charge is -2.30. The Hall–Kier alpha value is -1.92. The first-order chi connectivity index (χ1) is 13.1. The second-order valence-corrected chi connectivity index (χ2v) is 7.08. The van der Waals surface area contributed by atoms with E-state index in [0.29, 0.717) is 24.7 Å². The summed E-state index contributed by atoms with van der Waals surface area (Å²) in [5.41, 5.74) is 3.56. The highest BCUT2D eigenvalue weighted by Crippen LogP contribution is 2.42. The van der Waals surface area contributed by atoms with E-state index in [4.69, 9.17) is 18.9 Å². The zero-order valence-electron chi connectivity index (χ0n) is 16.2. The van der Waals surface area contributed by atoms with Crippen molar-refractivity contribution in [2.75, 3.05) is 34.0 Å². The minimum absolute atomic E-state index is 0.0258. The van der Waals surface area contributed by atoms with Crippen LogP contribution in [0.1, 0.15) is 36.6 Å². The monoisotopic (exact) mass is 435 g/mol. The molecule has 0 amide bonds. The van der Waals surface area contributed by atoms with Crippen LogP contribution in [-0.4, -0.2) is 34.0 Å². The predicted octanol–water partition coefficient (Wildman–Crippen LogP) is 4.50. The fourth-order valence-corrected chi connectivity index (χ4v) is 4.02. The van der Waals surface area contributed by atoms with Gasteiger partial charge >= 0.3 is 0 Å². The number of benzene rings is 2. The Morgan fingerprint density at radius 2 is 1.48 bits per heavy atom. The fraction of sp³-hybridized carbons (Fsp3) is 0.429. The summed E-state index contributed by atoms with van der Waals surface area (Å²) in [6.07, 6.45) is 0.948. The Kier molecular flexibility index (Phi) is 6.50. The van der Waals surface area contributed by atoms with Gasteiger partial charge in [-0.3, -0.25) is 0 Å². The Morgan fingerprint density at radius 3 is 2.11 bits per heavy atom. The molecule has 0 radical (unpaired) electrons. The van der Waals surface area contributed by atoms with E-state index in [2.05, 4.69) is 33.4 Å². The van der Waals surface area contributed by atoms with Gasteiger partial charge in [-0.1, -0.05) is 15.9 Å². The molecule has 0 saturated carbocycles. The highest BCUT2D eigenvalue weighted by atomic mass is 79.9. The van der Waals surface area contributed by atoms with Crippen molar-refractivity contribution in [1.29, 1.82) is 0 Å². The molecule has 1 atom stereocenters. The number of fused-ring (bicyclic) bond motifs is 1. The zero-order valence-corrected chi connectivity index (χ0v) is 17.8. The van der Waals surface area contributed by atoms with Crippen molar-refractivity contribution < 1.29 is 18.9 Å². The lowest BCUT2D eigenvalue weighted by Crippen LogP contribution is -2.31. The summed E-state index contributed by atoms with van der Waals surface area (Å²) in [5.74, 6) is 3.00. The van der Waals surface area contributed by atoms with Crippen LogP contribution in [0, 0.1) is 0 Å². The van der Waals surface area contributed by atoms with Crippen LogP contribution < -0.4 is 24.3 Å². The summed E-state index contributed by atoms with van der Waals surface area (Å²) >= 11 is 3.70. The van der Waals surface area contributed by atoms with Crippen LogP contribution in [-0.2, 0) is 6.42 Å². The zero-order chi connectivity index (χ0) is 19.4. The van der Waals surface area contributed by atoms with E-state index in [1.807, 2.05) is 26.0 Å². The van der Waals surface area contributed by atoms with Crippen molar-refractivity contribution in [3.63, 3.8) is 0 Å². The molecule has 2 aromatic rings. The molecule has 0 fully saturated rings. The second-order valence-electron chi connectivity index (χ2n) is 6.23. The maximum absolute atomic E-state index is 5.84. The molecule has 6 heteroatoms. The van der Waals surface area contributed by atoms with Crippen LogP contribution in [0.2, 0.25) is 0 Å². The molecule has 0 unspecified atom stereocenters. The normalized spacial score (nSPS) is 15.8. The van der Waals surface area contributed by atoms with Gasteiger partial charge in [0.25, 0.3) is 0 Å². The van der Waals surface area contributed by atoms with Gasteiger partial charge in [-0.2, -0.15) is 0 Å². The van der Waals surface area contributed by atoms with Gasteiger partial charge in [0.15, 0.2) is 23.0 Å². The van der Waals surface area contributed by atoms with E-state index < -0.39 is 0 Å². The number of halogens is 1. The van der Waals surface area contributed by atoms with E-state index in [1.165, 1.54) is 11.1 Å². The van der Waals surface area contributed by atoms with E-state index in [9.17, 15) is 0 Å². The van der Waals surface area contributed by atoms with Crippen LogP contribution in [0.5, 0.6) is 23.0 Å². The summed E-state index contributed by atoms with van der Waals surface area (Å²) in [4.78, 5) is 0. The molecule has 146 valence electrons. The quantitative estimate of drug-likeness (QED) is 0.693. The topological polar surface area (TPSA) is 49.0 Å². The number of ether oxygens (including phenoxy) is 4. The molecule has 1 aliphatic rings. The largest absolute Gasteiger partial charge is 0.493 e. The van der Waals surface area contributed by atoms with Gasteiger partial charge in [-0.25, -0.2) is 0 Å². The number of hydrogen-bond acceptors (Lipinski definition) is 5. The van der Waals surface area contributed by atoms with Crippen LogP contribution in [0.25, 0.3) is 0 Å². The lowest BCUT2D eigenvalue weighted by molar-refractivity contribution is 0.286. The van der Waals surface area contributed by atoms with E-state index in [-0.39, 0.29) is 6.04 Å². The molecule has 0 aliphatic carbocycles. The van der Waals surface area contributed by atoms with Crippen molar-refractivity contribution in [3.05, 3.63) is 45.4 Å². The first-order valence-electron chi connectivity index (χ1n) is 9.20. The first kappa shape index (κ1) is 19.8. The van der Waals surface area contributed by atoms with Crippen LogP contribution in [0.3, 0.4) is 0 Å². The van der Waals surface area contributed by atoms with Crippen LogP contribution in [0.15, 0.2) is 28.7 Å². The molecule has 3 rings (SSSR count). The fourth-order valence-electron chi connectivity index (χ4n) is 3.47. The molecule has 0 aromatic heterocycles. The van der Waals surface area contributed by atoms with Gasteiger partial charge in [-0.05, 0) is 61.2 Å². The van der Waals surface area contributed by atoms with Crippen LogP contribution >= 0.6 is 15.9 Å². The highest BCUT2D eigenvalue weighted by molar-refractivity contribution is 9.10. The third-order valence-electron chi connectivity index (χ3n) is 4.67. The predicted molar refractivity (Wildman–Crippen MR) is 110 cm³/mol. The van der Waals surface area contributed by atoms with Gasteiger partial charge in [0.1, 0.15) is 0 Å². The number of nitrogens with one attached hydrogen (secondary N) is 1. The van der Waals surface area contributed by atoms with Gasteiger partial charge in [-0.15, -0.1) is 0 Å². The van der Waals surface area contributed by atoms with Crippen molar-refractivity contribution in [2.24, 2.45) is 0 Å². The molecular weight excluding hydrogens is 410 g/mol. The third kappa shape index (κ3) is 4.01. The average Bonchev–Trinajstić information content (AvgIpc) is 2.68. The average molecular weight is 436 g/mol. The minimum Gasteiger partial charge on any atom is -0.493 e. The molecule has 0 bridgehead atoms. The number of methoxy groups -OCH3 is 2. The molecule has 0 spiro atoms. The summed E-state index contributed by atoms with van der Waals surface area (Å²) in [5, 5.41) is 3.62. The Morgan fingerprint density at radius 1 is 0.889 bits per heavy atom. The van der Waals surface area contributed by atoms with E-state index in [0.717, 1.165) is 34.5 Å². The standard InChI is InChI=1S/C21H26BrNO4/c1-5-26-19-9-13-7-8-23-21(14(13)10-20(19)27-6-2)15-11-17(24-3)18(25-4)12-16(15)22/h9-12,21,23H,5-8H2,1-4H3/t21-/m0/s1. The van der Waals surface area contributed by atoms with E-state index >= 15 is 0 Å². The molecule has 2 aromatic carbocycles. The van der Waals surface area contributed by atoms with Crippen molar-refractivity contribution in [2.45, 2.75) is 26.3 Å². The molecule has 1 N–H and O–H groups in total. The number of rotatable bonds is 7. The summed E-state index contributed by atoms with van der Waals surface area (Å²) in [6.45, 7) is 6.06. The molecule has 0 saturated heterocycles. The Balaban J connectivity index is 2.09. The number of hydrogen-bond donors (Lipinski definition) is 1. The van der Waals surface area contributed by atoms with Gasteiger partial charge in [0.2, 0.25) is 0 Å². The molecule has 1 heterocycles. The van der Waals surface area contributed by atoms with Gasteiger partial charge in [0, 0.05) is 11.0 Å². The van der Waals surface area contributed by atoms with E-state index in [1.54, 1.807) is 14.2 Å². The Labute approximate surface area is 169 Å². The van der Waals surface area contributed by atoms with Gasteiger partial charge in [0.05, 0.1) is 33.5 Å². The molecule has 5 nitrogen and oxygen atoms in total. The van der Waals surface area contributed by atoms with Crippen molar-refractivity contribution in [3.8, 4) is 23.0 Å². The summed E-state index contributed by atoms with van der Waals surface area (Å²) < 4.78 is 23.5. The lowest BCUT2D eigenvalue weighted by atomic mass is 9.89. The molecule has 27 heavy (non-hydrogen) atoms. The maximum Gasteiger partial charge on any atom is 0.161 e. The molecule has 1 aliphatic heterocycles. The minimum atomic E-state index is 0.0258. The second kappa shape index (κ2) is 8.85.